The molecule has 0 unspecified atom stereocenters. The maximum atomic E-state index is 11.4. The fourth-order valence-electron chi connectivity index (χ4n) is 3.29. The molecule has 0 aromatic heterocycles. The summed E-state index contributed by atoms with van der Waals surface area (Å²) in [5, 5.41) is 3.12. The van der Waals surface area contributed by atoms with Gasteiger partial charge >= 0.3 is 0 Å². The van der Waals surface area contributed by atoms with Gasteiger partial charge in [-0.05, 0) is 37.0 Å². The Balaban J connectivity index is 1.88. The average Bonchev–Trinajstić information content (AvgIpc) is 3.20. The maximum Gasteiger partial charge on any atom is 0.217 e. The summed E-state index contributed by atoms with van der Waals surface area (Å²) in [5.74, 6) is 0.937. The number of hydrogen-bond donors (Lipinski definition) is 1. The number of methoxy groups -OCH3 is 1. The molecule has 1 saturated heterocycles. The number of likely N-dealkylation sites (tertiary alicyclic amines) is 1. The number of nitrogens with one attached hydrogen (secondary N) is 1. The summed E-state index contributed by atoms with van der Waals surface area (Å²) in [5.41, 5.74) is 1.24. The van der Waals surface area contributed by atoms with Gasteiger partial charge in [0.2, 0.25) is 5.91 Å². The van der Waals surface area contributed by atoms with Gasteiger partial charge in [0, 0.05) is 25.6 Å². The Bertz CT molecular complexity index is 499. The lowest BCUT2D eigenvalue weighted by Gasteiger charge is -2.29. The summed E-state index contributed by atoms with van der Waals surface area (Å²) in [6.45, 7) is 2.67. The Morgan fingerprint density at radius 1 is 1.35 bits per heavy atom. The second kappa shape index (κ2) is 5.44. The highest BCUT2D eigenvalue weighted by Crippen LogP contribution is 2.41. The van der Waals surface area contributed by atoms with Gasteiger partial charge in [0.1, 0.15) is 5.75 Å². The van der Waals surface area contributed by atoms with Gasteiger partial charge in [0.05, 0.1) is 13.2 Å². The van der Waals surface area contributed by atoms with Crippen LogP contribution in [0.15, 0.2) is 24.3 Å². The van der Waals surface area contributed by atoms with E-state index in [0.29, 0.717) is 6.04 Å². The van der Waals surface area contributed by atoms with Crippen LogP contribution in [0.25, 0.3) is 0 Å². The van der Waals surface area contributed by atoms with Crippen molar-refractivity contribution in [3.63, 3.8) is 0 Å². The Morgan fingerprint density at radius 2 is 2.15 bits per heavy atom. The predicted octanol–water partition coefficient (Wildman–Crippen LogP) is 2.11. The Labute approximate surface area is 120 Å². The second-order valence-corrected chi connectivity index (χ2v) is 5.79. The zero-order valence-corrected chi connectivity index (χ0v) is 12.1. The van der Waals surface area contributed by atoms with E-state index in [9.17, 15) is 4.79 Å². The second-order valence-electron chi connectivity index (χ2n) is 5.79. The summed E-state index contributed by atoms with van der Waals surface area (Å²) < 4.78 is 5.34. The standard InChI is InChI=1S/C16H22N2O2/c1-11(19)17-15-8-9-18(13-6-7-13)16(15)12-4-3-5-14(10-12)20-2/h3-5,10,13,15-16H,6-9H2,1-2H3,(H,17,19)/t15-,16+/m0/s1. The van der Waals surface area contributed by atoms with Crippen molar-refractivity contribution < 1.29 is 9.53 Å². The van der Waals surface area contributed by atoms with Crippen LogP contribution in [0.1, 0.15) is 37.8 Å². The predicted molar refractivity (Wildman–Crippen MR) is 77.7 cm³/mol. The molecule has 1 amide bonds. The van der Waals surface area contributed by atoms with E-state index in [1.165, 1.54) is 18.4 Å². The highest BCUT2D eigenvalue weighted by atomic mass is 16.5. The van der Waals surface area contributed by atoms with Gasteiger partial charge in [0.15, 0.2) is 0 Å². The van der Waals surface area contributed by atoms with E-state index >= 15 is 0 Å². The quantitative estimate of drug-likeness (QED) is 0.914. The molecule has 1 heterocycles. The lowest BCUT2D eigenvalue weighted by molar-refractivity contribution is -0.119. The number of carbonyl (C=O) groups is 1. The van der Waals surface area contributed by atoms with Crippen LogP contribution < -0.4 is 10.1 Å². The van der Waals surface area contributed by atoms with Crippen molar-refractivity contribution >= 4 is 5.91 Å². The molecule has 0 bridgehead atoms. The summed E-state index contributed by atoms with van der Waals surface area (Å²) >= 11 is 0. The first-order chi connectivity index (χ1) is 9.69. The molecule has 4 nitrogen and oxygen atoms in total. The highest BCUT2D eigenvalue weighted by Gasteiger charge is 2.43. The first-order valence-electron chi connectivity index (χ1n) is 7.36. The van der Waals surface area contributed by atoms with Crippen molar-refractivity contribution in [2.75, 3.05) is 13.7 Å². The summed E-state index contributed by atoms with van der Waals surface area (Å²) in [6, 6.07) is 9.42. The number of hydrogen-bond acceptors (Lipinski definition) is 3. The summed E-state index contributed by atoms with van der Waals surface area (Å²) in [7, 11) is 1.69. The van der Waals surface area contributed by atoms with Gasteiger partial charge in [-0.2, -0.15) is 0 Å². The molecule has 1 aliphatic carbocycles. The molecule has 2 atom stereocenters. The zero-order chi connectivity index (χ0) is 14.1. The Morgan fingerprint density at radius 3 is 2.80 bits per heavy atom. The molecule has 1 saturated carbocycles. The minimum absolute atomic E-state index is 0.0561. The van der Waals surface area contributed by atoms with E-state index in [1.807, 2.05) is 12.1 Å². The van der Waals surface area contributed by atoms with Gasteiger partial charge in [-0.25, -0.2) is 0 Å². The van der Waals surface area contributed by atoms with Crippen molar-refractivity contribution in [1.29, 1.82) is 0 Å². The van der Waals surface area contributed by atoms with Crippen molar-refractivity contribution in [3.05, 3.63) is 29.8 Å². The lowest BCUT2D eigenvalue weighted by atomic mass is 9.99. The zero-order valence-electron chi connectivity index (χ0n) is 12.1. The molecule has 1 aromatic rings. The smallest absolute Gasteiger partial charge is 0.217 e. The lowest BCUT2D eigenvalue weighted by Crippen LogP contribution is -2.39. The van der Waals surface area contributed by atoms with Crippen molar-refractivity contribution in [2.24, 2.45) is 0 Å². The third-order valence-electron chi connectivity index (χ3n) is 4.28. The van der Waals surface area contributed by atoms with Gasteiger partial charge in [-0.15, -0.1) is 0 Å². The average molecular weight is 274 g/mol. The third-order valence-corrected chi connectivity index (χ3v) is 4.28. The molecule has 0 radical (unpaired) electrons. The minimum atomic E-state index is 0.0561. The van der Waals surface area contributed by atoms with E-state index in [-0.39, 0.29) is 18.0 Å². The van der Waals surface area contributed by atoms with Crippen LogP contribution in [0.3, 0.4) is 0 Å². The normalized spacial score (nSPS) is 26.5. The van der Waals surface area contributed by atoms with E-state index in [2.05, 4.69) is 22.3 Å². The number of rotatable bonds is 4. The van der Waals surface area contributed by atoms with Crippen LogP contribution in [-0.2, 0) is 4.79 Å². The van der Waals surface area contributed by atoms with Crippen LogP contribution in [-0.4, -0.2) is 36.5 Å². The fourth-order valence-corrected chi connectivity index (χ4v) is 3.29. The number of benzene rings is 1. The molecular weight excluding hydrogens is 252 g/mol. The van der Waals surface area contributed by atoms with Gasteiger partial charge in [-0.3, -0.25) is 9.69 Å². The topological polar surface area (TPSA) is 41.6 Å². The molecule has 4 heteroatoms. The molecule has 2 aliphatic rings. The SMILES string of the molecule is COc1cccc([C@@H]2[C@@H](NC(C)=O)CCN2C2CC2)c1. The third kappa shape index (κ3) is 2.66. The van der Waals surface area contributed by atoms with Crippen LogP contribution in [0.5, 0.6) is 5.75 Å². The van der Waals surface area contributed by atoms with Crippen LogP contribution >= 0.6 is 0 Å². The molecule has 1 aliphatic heterocycles. The first-order valence-corrected chi connectivity index (χ1v) is 7.36. The molecular formula is C16H22N2O2. The highest BCUT2D eigenvalue weighted by molar-refractivity contribution is 5.73. The maximum absolute atomic E-state index is 11.4. The minimum Gasteiger partial charge on any atom is -0.497 e. The van der Waals surface area contributed by atoms with E-state index in [4.69, 9.17) is 4.74 Å². The van der Waals surface area contributed by atoms with Crippen molar-refractivity contribution in [1.82, 2.24) is 10.2 Å². The Hall–Kier alpha value is -1.55. The monoisotopic (exact) mass is 274 g/mol. The van der Waals surface area contributed by atoms with Crippen molar-refractivity contribution in [3.8, 4) is 5.75 Å². The number of amides is 1. The molecule has 108 valence electrons. The fraction of sp³-hybridized carbons (Fsp3) is 0.562. The van der Waals surface area contributed by atoms with E-state index in [0.717, 1.165) is 18.7 Å². The van der Waals surface area contributed by atoms with Crippen molar-refractivity contribution in [2.45, 2.75) is 44.3 Å². The summed E-state index contributed by atoms with van der Waals surface area (Å²) in [6.07, 6.45) is 3.60. The van der Waals surface area contributed by atoms with Crippen LogP contribution in [0.2, 0.25) is 0 Å². The Kier molecular flexibility index (Phi) is 3.66. The van der Waals surface area contributed by atoms with Crippen LogP contribution in [0.4, 0.5) is 0 Å². The van der Waals surface area contributed by atoms with Crippen LogP contribution in [0, 0.1) is 0 Å². The number of carbonyl (C=O) groups excluding carboxylic acids is 1. The number of ether oxygens (including phenoxy) is 1. The largest absolute Gasteiger partial charge is 0.497 e. The molecule has 1 aromatic carbocycles. The first kappa shape index (κ1) is 13.4. The van der Waals surface area contributed by atoms with Gasteiger partial charge < -0.3 is 10.1 Å². The molecule has 0 spiro atoms. The summed E-state index contributed by atoms with van der Waals surface area (Å²) in [4.78, 5) is 14.0. The molecule has 1 N–H and O–H groups in total. The van der Waals surface area contributed by atoms with Gasteiger partial charge in [-0.1, -0.05) is 12.1 Å². The molecule has 3 rings (SSSR count). The number of nitrogens with zero attached hydrogens (tertiary/aromatic N) is 1. The van der Waals surface area contributed by atoms with Gasteiger partial charge in [0.25, 0.3) is 0 Å². The molecule has 20 heavy (non-hydrogen) atoms. The van der Waals surface area contributed by atoms with E-state index in [1.54, 1.807) is 14.0 Å². The van der Waals surface area contributed by atoms with E-state index < -0.39 is 0 Å². The molecule has 2 fully saturated rings.